The van der Waals surface area contributed by atoms with Crippen molar-refractivity contribution in [3.05, 3.63) is 59.9 Å². The van der Waals surface area contributed by atoms with Gasteiger partial charge in [-0.1, -0.05) is 18.6 Å². The van der Waals surface area contributed by atoms with Crippen molar-refractivity contribution in [1.82, 2.24) is 9.97 Å². The van der Waals surface area contributed by atoms with Crippen LogP contribution in [0.5, 0.6) is 0 Å². The second kappa shape index (κ2) is 6.61. The van der Waals surface area contributed by atoms with Gasteiger partial charge >= 0.3 is 0 Å². The molecule has 124 valence electrons. The van der Waals surface area contributed by atoms with Gasteiger partial charge in [-0.15, -0.1) is 11.8 Å². The molecule has 0 spiro atoms. The Morgan fingerprint density at radius 2 is 2.00 bits per heavy atom. The molecule has 2 aromatic heterocycles. The van der Waals surface area contributed by atoms with Crippen LogP contribution in [-0.2, 0) is 0 Å². The van der Waals surface area contributed by atoms with Crippen molar-refractivity contribution in [3.8, 4) is 0 Å². The number of aromatic amines is 1. The number of aliphatic hydroxyl groups excluding tert-OH is 1. The molecule has 2 heterocycles. The van der Waals surface area contributed by atoms with Crippen LogP contribution >= 0.6 is 11.8 Å². The molecule has 2 N–H and O–H groups in total. The van der Waals surface area contributed by atoms with Crippen molar-refractivity contribution in [3.63, 3.8) is 0 Å². The Balaban J connectivity index is 1.69. The summed E-state index contributed by atoms with van der Waals surface area (Å²) < 4.78 is 0. The number of aliphatic hydroxyl groups is 1. The highest BCUT2D eigenvalue weighted by atomic mass is 32.2. The number of thioether (sulfide) groups is 1. The van der Waals surface area contributed by atoms with Crippen LogP contribution in [0.3, 0.4) is 0 Å². The third-order valence-electron chi connectivity index (χ3n) is 5.23. The van der Waals surface area contributed by atoms with Crippen molar-refractivity contribution in [2.45, 2.75) is 36.2 Å². The van der Waals surface area contributed by atoms with Gasteiger partial charge in [0.25, 0.3) is 0 Å². The number of aromatic nitrogens is 2. The summed E-state index contributed by atoms with van der Waals surface area (Å²) in [6, 6.07) is 14.7. The summed E-state index contributed by atoms with van der Waals surface area (Å²) in [6.45, 7) is 0. The largest absolute Gasteiger partial charge is 0.386 e. The fourth-order valence-electron chi connectivity index (χ4n) is 3.67. The van der Waals surface area contributed by atoms with Gasteiger partial charge in [0, 0.05) is 28.1 Å². The summed E-state index contributed by atoms with van der Waals surface area (Å²) in [7, 11) is 0. The maximum absolute atomic E-state index is 11.1. The second-order valence-electron chi connectivity index (χ2n) is 6.60. The summed E-state index contributed by atoms with van der Waals surface area (Å²) in [5, 5.41) is 12.2. The van der Waals surface area contributed by atoms with Gasteiger partial charge in [-0.3, -0.25) is 0 Å². The first-order valence-corrected chi connectivity index (χ1v) is 9.74. The lowest BCUT2D eigenvalue weighted by atomic mass is 9.70. The molecule has 2 unspecified atom stereocenters. The Bertz CT molecular complexity index is 790. The zero-order valence-electron chi connectivity index (χ0n) is 13.8. The van der Waals surface area contributed by atoms with E-state index in [1.807, 2.05) is 18.2 Å². The number of hydrogen-bond acceptors (Lipinski definition) is 3. The summed E-state index contributed by atoms with van der Waals surface area (Å²) in [5.74, 6) is 0.696. The lowest BCUT2D eigenvalue weighted by Gasteiger charge is -2.37. The highest BCUT2D eigenvalue weighted by Crippen LogP contribution is 2.46. The lowest BCUT2D eigenvalue weighted by molar-refractivity contribution is 0.0844. The first kappa shape index (κ1) is 15.7. The normalized spacial score (nSPS) is 17.6. The highest BCUT2D eigenvalue weighted by molar-refractivity contribution is 7.98. The standard InChI is InChI=1S/C20H22N2OS/c1-24-16-9-7-14(8-10-16)18(13-4-2-5-13)19(23)17-12-15-6-3-11-21-20(15)22-17/h3,6-13,18-19,23H,2,4-5H2,1H3,(H,21,22). The van der Waals surface area contributed by atoms with E-state index in [1.54, 1.807) is 18.0 Å². The Morgan fingerprint density at radius 1 is 1.21 bits per heavy atom. The Kier molecular flexibility index (Phi) is 4.33. The molecule has 3 nitrogen and oxygen atoms in total. The molecular weight excluding hydrogens is 316 g/mol. The average Bonchev–Trinajstić information content (AvgIpc) is 3.01. The van der Waals surface area contributed by atoms with E-state index in [4.69, 9.17) is 0 Å². The zero-order chi connectivity index (χ0) is 16.5. The number of H-pyrrole nitrogens is 1. The molecule has 0 saturated heterocycles. The van der Waals surface area contributed by atoms with Gasteiger partial charge in [-0.05, 0) is 60.9 Å². The predicted molar refractivity (Wildman–Crippen MR) is 99.4 cm³/mol. The molecule has 3 aromatic rings. The fraction of sp³-hybridized carbons (Fsp3) is 0.350. The quantitative estimate of drug-likeness (QED) is 0.650. The smallest absolute Gasteiger partial charge is 0.137 e. The minimum atomic E-state index is -0.523. The summed E-state index contributed by atoms with van der Waals surface area (Å²) in [4.78, 5) is 8.91. The summed E-state index contributed by atoms with van der Waals surface area (Å²) >= 11 is 1.75. The van der Waals surface area contributed by atoms with Gasteiger partial charge in [-0.2, -0.15) is 0 Å². The molecule has 1 aliphatic carbocycles. The first-order chi connectivity index (χ1) is 11.8. The molecule has 2 atom stereocenters. The van der Waals surface area contributed by atoms with Crippen LogP contribution in [-0.4, -0.2) is 21.3 Å². The van der Waals surface area contributed by atoms with Crippen LogP contribution in [0, 0.1) is 5.92 Å². The number of hydrogen-bond donors (Lipinski definition) is 2. The van der Waals surface area contributed by atoms with Crippen LogP contribution in [0.15, 0.2) is 53.6 Å². The van der Waals surface area contributed by atoms with Crippen molar-refractivity contribution in [2.24, 2.45) is 5.92 Å². The molecule has 0 amide bonds. The Labute approximate surface area is 146 Å². The average molecular weight is 338 g/mol. The highest BCUT2D eigenvalue weighted by Gasteiger charge is 2.35. The fourth-order valence-corrected chi connectivity index (χ4v) is 4.08. The van der Waals surface area contributed by atoms with Gasteiger partial charge in [-0.25, -0.2) is 4.98 Å². The summed E-state index contributed by atoms with van der Waals surface area (Å²) in [6.07, 6.45) is 7.01. The van der Waals surface area contributed by atoms with E-state index in [9.17, 15) is 5.11 Å². The lowest BCUT2D eigenvalue weighted by Crippen LogP contribution is -2.26. The number of nitrogens with zero attached hydrogens (tertiary/aromatic N) is 1. The van der Waals surface area contributed by atoms with Crippen LogP contribution in [0.1, 0.15) is 42.5 Å². The molecule has 4 rings (SSSR count). The van der Waals surface area contributed by atoms with Gasteiger partial charge in [0.15, 0.2) is 0 Å². The van der Waals surface area contributed by atoms with E-state index < -0.39 is 6.10 Å². The third-order valence-corrected chi connectivity index (χ3v) is 5.97. The Hall–Kier alpha value is -1.78. The number of benzene rings is 1. The monoisotopic (exact) mass is 338 g/mol. The zero-order valence-corrected chi connectivity index (χ0v) is 14.6. The van der Waals surface area contributed by atoms with Crippen LogP contribution < -0.4 is 0 Å². The van der Waals surface area contributed by atoms with E-state index in [0.717, 1.165) is 16.7 Å². The summed E-state index contributed by atoms with van der Waals surface area (Å²) in [5.41, 5.74) is 2.95. The molecular formula is C20H22N2OS. The predicted octanol–water partition coefficient (Wildman–Crippen LogP) is 4.90. The molecule has 1 aromatic carbocycles. The van der Waals surface area contributed by atoms with Crippen LogP contribution in [0.25, 0.3) is 11.0 Å². The van der Waals surface area contributed by atoms with Crippen LogP contribution in [0.4, 0.5) is 0 Å². The molecule has 0 bridgehead atoms. The molecule has 1 saturated carbocycles. The van der Waals surface area contributed by atoms with Crippen molar-refractivity contribution in [1.29, 1.82) is 0 Å². The van der Waals surface area contributed by atoms with Crippen molar-refractivity contribution >= 4 is 22.8 Å². The Morgan fingerprint density at radius 3 is 2.62 bits per heavy atom. The molecule has 1 fully saturated rings. The van der Waals surface area contributed by atoms with Crippen molar-refractivity contribution < 1.29 is 5.11 Å². The molecule has 1 aliphatic rings. The maximum Gasteiger partial charge on any atom is 0.137 e. The SMILES string of the molecule is CSc1ccc(C(C2CCC2)C(O)c2cc3cccnc3[nH]2)cc1. The molecule has 4 heteroatoms. The number of fused-ring (bicyclic) bond motifs is 1. The van der Waals surface area contributed by atoms with Gasteiger partial charge in [0.2, 0.25) is 0 Å². The molecule has 0 radical (unpaired) electrons. The maximum atomic E-state index is 11.1. The van der Waals surface area contributed by atoms with Crippen LogP contribution in [0.2, 0.25) is 0 Å². The minimum Gasteiger partial charge on any atom is -0.386 e. The van der Waals surface area contributed by atoms with E-state index >= 15 is 0 Å². The van der Waals surface area contributed by atoms with Crippen molar-refractivity contribution in [2.75, 3.05) is 6.26 Å². The van der Waals surface area contributed by atoms with Gasteiger partial charge in [0.1, 0.15) is 11.8 Å². The number of rotatable bonds is 5. The first-order valence-electron chi connectivity index (χ1n) is 8.52. The van der Waals surface area contributed by atoms with E-state index in [0.29, 0.717) is 5.92 Å². The van der Waals surface area contributed by atoms with Gasteiger partial charge < -0.3 is 10.1 Å². The van der Waals surface area contributed by atoms with E-state index in [2.05, 4.69) is 40.5 Å². The molecule has 0 aliphatic heterocycles. The number of nitrogens with one attached hydrogen (secondary N) is 1. The van der Waals surface area contributed by atoms with E-state index in [-0.39, 0.29) is 5.92 Å². The number of pyridine rings is 1. The minimum absolute atomic E-state index is 0.141. The molecule has 24 heavy (non-hydrogen) atoms. The topological polar surface area (TPSA) is 48.9 Å². The van der Waals surface area contributed by atoms with Gasteiger partial charge in [0.05, 0.1) is 0 Å². The second-order valence-corrected chi connectivity index (χ2v) is 7.48. The van der Waals surface area contributed by atoms with E-state index in [1.165, 1.54) is 29.7 Å². The third kappa shape index (κ3) is 2.85.